The van der Waals surface area contributed by atoms with Crippen LogP contribution in [-0.2, 0) is 6.54 Å². The average molecular weight is 312 g/mol. The Morgan fingerprint density at radius 3 is 2.74 bits per heavy atom. The number of rotatable bonds is 6. The van der Waals surface area contributed by atoms with Crippen molar-refractivity contribution in [2.45, 2.75) is 27.3 Å². The van der Waals surface area contributed by atoms with Gasteiger partial charge in [0, 0.05) is 25.0 Å². The van der Waals surface area contributed by atoms with Gasteiger partial charge in [0.15, 0.2) is 11.8 Å². The summed E-state index contributed by atoms with van der Waals surface area (Å²) in [6.07, 6.45) is 3.64. The summed E-state index contributed by atoms with van der Waals surface area (Å²) in [6, 6.07) is 6.03. The lowest BCUT2D eigenvalue weighted by Crippen LogP contribution is -2.37. The molecule has 0 saturated carbocycles. The molecule has 0 aliphatic carbocycles. The zero-order valence-corrected chi connectivity index (χ0v) is 14.0. The van der Waals surface area contributed by atoms with E-state index in [0.29, 0.717) is 13.1 Å². The standard InChI is InChI=1S/C17H24N6/c1-5-9-19-17(18-6-2)21-12-15-7-8-16(20-11-15)23-14(4)10-13(3)22-23/h5,7-8,10-11H,1,6,9,12H2,2-4H3,(H2,18,19,21). The topological polar surface area (TPSA) is 67.1 Å². The summed E-state index contributed by atoms with van der Waals surface area (Å²) in [5.74, 6) is 1.59. The van der Waals surface area contributed by atoms with Crippen LogP contribution < -0.4 is 10.6 Å². The highest BCUT2D eigenvalue weighted by Crippen LogP contribution is 2.10. The molecule has 2 aromatic heterocycles. The minimum Gasteiger partial charge on any atom is -0.357 e. The second kappa shape index (κ2) is 8.12. The van der Waals surface area contributed by atoms with Gasteiger partial charge in [0.1, 0.15) is 0 Å². The summed E-state index contributed by atoms with van der Waals surface area (Å²) in [4.78, 5) is 9.01. The van der Waals surface area contributed by atoms with Crippen LogP contribution in [0.2, 0.25) is 0 Å². The van der Waals surface area contributed by atoms with Crippen molar-refractivity contribution in [2.24, 2.45) is 4.99 Å². The fourth-order valence-electron chi connectivity index (χ4n) is 2.18. The minimum atomic E-state index is 0.566. The fraction of sp³-hybridized carbons (Fsp3) is 0.353. The molecular formula is C17H24N6. The van der Waals surface area contributed by atoms with Crippen LogP contribution in [0.4, 0.5) is 0 Å². The zero-order chi connectivity index (χ0) is 16.7. The van der Waals surface area contributed by atoms with E-state index in [1.54, 1.807) is 6.08 Å². The summed E-state index contributed by atoms with van der Waals surface area (Å²) < 4.78 is 1.85. The van der Waals surface area contributed by atoms with Crippen molar-refractivity contribution in [2.75, 3.05) is 13.1 Å². The molecule has 0 radical (unpaired) electrons. The lowest BCUT2D eigenvalue weighted by molar-refractivity contribution is 0.802. The Morgan fingerprint density at radius 1 is 1.35 bits per heavy atom. The first-order valence-corrected chi connectivity index (χ1v) is 7.75. The Hall–Kier alpha value is -2.63. The smallest absolute Gasteiger partial charge is 0.191 e. The SMILES string of the molecule is C=CCNC(=NCc1ccc(-n2nc(C)cc2C)nc1)NCC. The number of pyridine rings is 1. The van der Waals surface area contributed by atoms with E-state index in [9.17, 15) is 0 Å². The van der Waals surface area contributed by atoms with Crippen LogP contribution >= 0.6 is 0 Å². The van der Waals surface area contributed by atoms with E-state index >= 15 is 0 Å². The van der Waals surface area contributed by atoms with Gasteiger partial charge in [-0.1, -0.05) is 12.1 Å². The van der Waals surface area contributed by atoms with Crippen molar-refractivity contribution in [3.8, 4) is 5.82 Å². The normalized spacial score (nSPS) is 11.3. The second-order valence-corrected chi connectivity index (χ2v) is 5.23. The molecule has 2 heterocycles. The number of nitrogens with zero attached hydrogens (tertiary/aromatic N) is 4. The molecule has 0 bridgehead atoms. The van der Waals surface area contributed by atoms with Crippen molar-refractivity contribution in [3.05, 3.63) is 54.0 Å². The molecule has 6 heteroatoms. The van der Waals surface area contributed by atoms with Gasteiger partial charge in [-0.3, -0.25) is 0 Å². The molecule has 0 atom stereocenters. The highest BCUT2D eigenvalue weighted by molar-refractivity contribution is 5.79. The van der Waals surface area contributed by atoms with Crippen LogP contribution in [0.25, 0.3) is 5.82 Å². The third kappa shape index (κ3) is 4.67. The Morgan fingerprint density at radius 2 is 2.17 bits per heavy atom. The van der Waals surface area contributed by atoms with Crippen LogP contribution in [0.1, 0.15) is 23.9 Å². The highest BCUT2D eigenvalue weighted by Gasteiger charge is 2.05. The van der Waals surface area contributed by atoms with Crippen LogP contribution in [0.5, 0.6) is 0 Å². The van der Waals surface area contributed by atoms with Crippen molar-refractivity contribution in [1.82, 2.24) is 25.4 Å². The molecule has 0 aliphatic heterocycles. The Balaban J connectivity index is 2.07. The summed E-state index contributed by atoms with van der Waals surface area (Å²) in [5, 5.41) is 10.8. The largest absolute Gasteiger partial charge is 0.357 e. The number of guanidine groups is 1. The molecule has 2 rings (SSSR count). The average Bonchev–Trinajstić information content (AvgIpc) is 2.89. The van der Waals surface area contributed by atoms with Crippen molar-refractivity contribution in [3.63, 3.8) is 0 Å². The summed E-state index contributed by atoms with van der Waals surface area (Å²) >= 11 is 0. The molecule has 2 N–H and O–H groups in total. The number of hydrogen-bond acceptors (Lipinski definition) is 3. The molecule has 23 heavy (non-hydrogen) atoms. The zero-order valence-electron chi connectivity index (χ0n) is 14.0. The van der Waals surface area contributed by atoms with Gasteiger partial charge in [0.25, 0.3) is 0 Å². The first kappa shape index (κ1) is 16.7. The minimum absolute atomic E-state index is 0.566. The molecule has 0 amide bonds. The van der Waals surface area contributed by atoms with Crippen molar-refractivity contribution < 1.29 is 0 Å². The van der Waals surface area contributed by atoms with Gasteiger partial charge in [0.05, 0.1) is 12.2 Å². The summed E-state index contributed by atoms with van der Waals surface area (Å²) in [6.45, 7) is 11.8. The van der Waals surface area contributed by atoms with Gasteiger partial charge < -0.3 is 10.6 Å². The predicted molar refractivity (Wildman–Crippen MR) is 93.8 cm³/mol. The molecule has 0 aliphatic rings. The van der Waals surface area contributed by atoms with Gasteiger partial charge in [-0.05, 0) is 38.5 Å². The molecule has 0 aromatic carbocycles. The first-order valence-electron chi connectivity index (χ1n) is 7.75. The van der Waals surface area contributed by atoms with Crippen LogP contribution in [0.3, 0.4) is 0 Å². The molecule has 122 valence electrons. The van der Waals surface area contributed by atoms with Gasteiger partial charge in [-0.15, -0.1) is 6.58 Å². The van der Waals surface area contributed by atoms with Crippen molar-refractivity contribution in [1.29, 1.82) is 0 Å². The number of aryl methyl sites for hydroxylation is 2. The molecule has 0 saturated heterocycles. The van der Waals surface area contributed by atoms with E-state index in [4.69, 9.17) is 0 Å². The maximum Gasteiger partial charge on any atom is 0.191 e. The van der Waals surface area contributed by atoms with E-state index in [1.165, 1.54) is 0 Å². The lowest BCUT2D eigenvalue weighted by atomic mass is 10.3. The predicted octanol–water partition coefficient (Wildman–Crippen LogP) is 2.13. The van der Waals surface area contributed by atoms with E-state index in [0.717, 1.165) is 35.3 Å². The molecule has 6 nitrogen and oxygen atoms in total. The number of hydrogen-bond donors (Lipinski definition) is 2. The number of nitrogens with one attached hydrogen (secondary N) is 2. The Bertz CT molecular complexity index is 669. The van der Waals surface area contributed by atoms with E-state index in [2.05, 4.69) is 32.3 Å². The Kier molecular flexibility index (Phi) is 5.91. The summed E-state index contributed by atoms with van der Waals surface area (Å²) in [5.41, 5.74) is 3.11. The highest BCUT2D eigenvalue weighted by atomic mass is 15.3. The number of aliphatic imine (C=N–C) groups is 1. The first-order chi connectivity index (χ1) is 11.1. The number of aromatic nitrogens is 3. The molecule has 2 aromatic rings. The monoisotopic (exact) mass is 312 g/mol. The van der Waals surface area contributed by atoms with Crippen LogP contribution in [0.15, 0.2) is 42.0 Å². The molecule has 0 unspecified atom stereocenters. The summed E-state index contributed by atoms with van der Waals surface area (Å²) in [7, 11) is 0. The van der Waals surface area contributed by atoms with Gasteiger partial charge in [0.2, 0.25) is 0 Å². The van der Waals surface area contributed by atoms with Gasteiger partial charge >= 0.3 is 0 Å². The lowest BCUT2D eigenvalue weighted by Gasteiger charge is -2.09. The van der Waals surface area contributed by atoms with E-state index < -0.39 is 0 Å². The van der Waals surface area contributed by atoms with Crippen LogP contribution in [-0.4, -0.2) is 33.8 Å². The van der Waals surface area contributed by atoms with Crippen molar-refractivity contribution >= 4 is 5.96 Å². The Labute approximate surface area is 137 Å². The molecular weight excluding hydrogens is 288 g/mol. The van der Waals surface area contributed by atoms with Gasteiger partial charge in [-0.25, -0.2) is 14.7 Å². The maximum atomic E-state index is 4.53. The third-order valence-corrected chi connectivity index (χ3v) is 3.21. The quantitative estimate of drug-likeness (QED) is 0.487. The molecule has 0 fully saturated rings. The third-order valence-electron chi connectivity index (χ3n) is 3.21. The maximum absolute atomic E-state index is 4.53. The molecule has 0 spiro atoms. The van der Waals surface area contributed by atoms with Gasteiger partial charge in [-0.2, -0.15) is 5.10 Å². The fourth-order valence-corrected chi connectivity index (χ4v) is 2.18. The van der Waals surface area contributed by atoms with E-state index in [1.807, 2.05) is 49.8 Å². The van der Waals surface area contributed by atoms with Crippen LogP contribution in [0, 0.1) is 13.8 Å². The second-order valence-electron chi connectivity index (χ2n) is 5.23. The van der Waals surface area contributed by atoms with E-state index in [-0.39, 0.29) is 0 Å².